The predicted molar refractivity (Wildman–Crippen MR) is 106 cm³/mol. The molecule has 0 bridgehead atoms. The van der Waals surface area contributed by atoms with E-state index in [0.29, 0.717) is 18.0 Å². The highest BCUT2D eigenvalue weighted by atomic mass is 32.2. The molecule has 1 unspecified atom stereocenters. The normalized spacial score (nSPS) is 21.0. The number of likely N-dealkylation sites (tertiary alicyclic amines) is 1. The third kappa shape index (κ3) is 4.15. The fourth-order valence-corrected chi connectivity index (χ4v) is 4.33. The first-order chi connectivity index (χ1) is 12.7. The summed E-state index contributed by atoms with van der Waals surface area (Å²) in [6.07, 6.45) is 3.35. The number of hydrogen-bond acceptors (Lipinski definition) is 6. The molecule has 2 aliphatic rings. The van der Waals surface area contributed by atoms with E-state index in [1.807, 2.05) is 18.2 Å². The smallest absolute Gasteiger partial charge is 0.302 e. The Hall–Kier alpha value is -1.73. The molecule has 6 nitrogen and oxygen atoms in total. The second kappa shape index (κ2) is 8.77. The number of amides is 1. The van der Waals surface area contributed by atoms with Gasteiger partial charge < -0.3 is 14.4 Å². The van der Waals surface area contributed by atoms with Gasteiger partial charge >= 0.3 is 5.24 Å². The van der Waals surface area contributed by atoms with Crippen molar-refractivity contribution in [3.8, 4) is 11.5 Å². The van der Waals surface area contributed by atoms with Gasteiger partial charge in [-0.3, -0.25) is 4.79 Å². The van der Waals surface area contributed by atoms with Gasteiger partial charge in [0, 0.05) is 12.1 Å². The SMILES string of the molecule is CCC1SC(=O)N(CCN2CCCC2)N=C1c1ccc(OC)c(OC)c1. The summed E-state index contributed by atoms with van der Waals surface area (Å²) in [4.78, 5) is 14.9. The molecule has 2 aliphatic heterocycles. The highest BCUT2D eigenvalue weighted by molar-refractivity contribution is 8.14. The number of hydrogen-bond donors (Lipinski definition) is 0. The van der Waals surface area contributed by atoms with E-state index in [4.69, 9.17) is 14.6 Å². The Kier molecular flexibility index (Phi) is 6.43. The molecule has 0 spiro atoms. The number of carbonyl (C=O) groups excluding carboxylic acids is 1. The summed E-state index contributed by atoms with van der Waals surface area (Å²) in [7, 11) is 3.25. The second-order valence-corrected chi connectivity index (χ2v) is 7.66. The van der Waals surface area contributed by atoms with Gasteiger partial charge in [-0.25, -0.2) is 5.01 Å². The van der Waals surface area contributed by atoms with Gasteiger partial charge in [0.05, 0.1) is 31.7 Å². The minimum absolute atomic E-state index is 0.0419. The molecule has 0 aromatic heterocycles. The van der Waals surface area contributed by atoms with Crippen molar-refractivity contribution in [2.75, 3.05) is 40.4 Å². The van der Waals surface area contributed by atoms with Gasteiger partial charge in [-0.2, -0.15) is 5.10 Å². The third-order valence-corrected chi connectivity index (χ3v) is 6.12. The topological polar surface area (TPSA) is 54.4 Å². The molecule has 1 aromatic carbocycles. The molecule has 1 atom stereocenters. The van der Waals surface area contributed by atoms with Crippen LogP contribution in [-0.2, 0) is 0 Å². The maximum Gasteiger partial charge on any atom is 0.302 e. The molecule has 3 rings (SSSR count). The van der Waals surface area contributed by atoms with Gasteiger partial charge in [0.25, 0.3) is 0 Å². The largest absolute Gasteiger partial charge is 0.493 e. The predicted octanol–water partition coefficient (Wildman–Crippen LogP) is 3.45. The van der Waals surface area contributed by atoms with Crippen LogP contribution in [0.1, 0.15) is 31.7 Å². The number of hydrazone groups is 1. The van der Waals surface area contributed by atoms with E-state index >= 15 is 0 Å². The van der Waals surface area contributed by atoms with Crippen molar-refractivity contribution in [2.45, 2.75) is 31.4 Å². The Labute approximate surface area is 159 Å². The zero-order valence-corrected chi connectivity index (χ0v) is 16.6. The Morgan fingerprint density at radius 3 is 2.54 bits per heavy atom. The van der Waals surface area contributed by atoms with E-state index in [9.17, 15) is 4.79 Å². The maximum atomic E-state index is 12.5. The van der Waals surface area contributed by atoms with Crippen LogP contribution in [0.4, 0.5) is 4.79 Å². The molecule has 0 radical (unpaired) electrons. The van der Waals surface area contributed by atoms with Crippen molar-refractivity contribution in [1.29, 1.82) is 0 Å². The van der Waals surface area contributed by atoms with Crippen LogP contribution in [0, 0.1) is 0 Å². The lowest BCUT2D eigenvalue weighted by Crippen LogP contribution is -2.39. The molecule has 142 valence electrons. The third-order valence-electron chi connectivity index (χ3n) is 4.86. The first-order valence-corrected chi connectivity index (χ1v) is 10.1. The fraction of sp³-hybridized carbons (Fsp3) is 0.579. The quantitative estimate of drug-likeness (QED) is 0.728. The molecular weight excluding hydrogens is 350 g/mol. The fourth-order valence-electron chi connectivity index (χ4n) is 3.37. The van der Waals surface area contributed by atoms with Gasteiger partial charge in [-0.05, 0) is 50.6 Å². The minimum Gasteiger partial charge on any atom is -0.493 e. The van der Waals surface area contributed by atoms with Gasteiger partial charge in [-0.1, -0.05) is 18.7 Å². The van der Waals surface area contributed by atoms with Crippen LogP contribution < -0.4 is 9.47 Å². The molecule has 26 heavy (non-hydrogen) atoms. The second-order valence-electron chi connectivity index (χ2n) is 6.51. The van der Waals surface area contributed by atoms with Crippen molar-refractivity contribution in [3.63, 3.8) is 0 Å². The van der Waals surface area contributed by atoms with E-state index < -0.39 is 0 Å². The number of thioether (sulfide) groups is 1. The minimum atomic E-state index is 0.0419. The number of carbonyl (C=O) groups is 1. The van der Waals surface area contributed by atoms with Crippen LogP contribution in [0.3, 0.4) is 0 Å². The summed E-state index contributed by atoms with van der Waals surface area (Å²) in [6, 6.07) is 5.81. The molecule has 1 fully saturated rings. The molecule has 2 heterocycles. The highest BCUT2D eigenvalue weighted by Crippen LogP contribution is 2.33. The number of nitrogens with zero attached hydrogens (tertiary/aromatic N) is 3. The number of ether oxygens (including phenoxy) is 2. The van der Waals surface area contributed by atoms with E-state index in [2.05, 4.69) is 11.8 Å². The number of rotatable bonds is 7. The number of benzene rings is 1. The molecule has 1 aromatic rings. The van der Waals surface area contributed by atoms with Gasteiger partial charge in [-0.15, -0.1) is 0 Å². The average molecular weight is 378 g/mol. The Morgan fingerprint density at radius 1 is 1.15 bits per heavy atom. The Balaban J connectivity index is 1.83. The molecular formula is C19H27N3O3S. The van der Waals surface area contributed by atoms with Crippen LogP contribution in [-0.4, -0.2) is 66.5 Å². The lowest BCUT2D eigenvalue weighted by molar-refractivity contribution is 0.213. The van der Waals surface area contributed by atoms with Crippen molar-refractivity contribution < 1.29 is 14.3 Å². The van der Waals surface area contributed by atoms with Crippen molar-refractivity contribution in [3.05, 3.63) is 23.8 Å². The first kappa shape index (κ1) is 19.0. The summed E-state index contributed by atoms with van der Waals surface area (Å²) in [5, 5.41) is 6.46. The monoisotopic (exact) mass is 377 g/mol. The number of methoxy groups -OCH3 is 2. The molecule has 1 amide bonds. The van der Waals surface area contributed by atoms with Crippen LogP contribution in [0.5, 0.6) is 11.5 Å². The standard InChI is InChI=1S/C19H27N3O3S/c1-4-17-18(14-7-8-15(24-2)16(13-14)25-3)20-22(19(23)26-17)12-11-21-9-5-6-10-21/h7-8,13,17H,4-6,9-12H2,1-3H3. The van der Waals surface area contributed by atoms with Crippen molar-refractivity contribution in [2.24, 2.45) is 5.10 Å². The van der Waals surface area contributed by atoms with Crippen LogP contribution in [0.25, 0.3) is 0 Å². The first-order valence-electron chi connectivity index (χ1n) is 9.17. The van der Waals surface area contributed by atoms with Crippen molar-refractivity contribution in [1.82, 2.24) is 9.91 Å². The molecule has 0 saturated carbocycles. The van der Waals surface area contributed by atoms with Gasteiger partial charge in [0.15, 0.2) is 11.5 Å². The van der Waals surface area contributed by atoms with Gasteiger partial charge in [0.1, 0.15) is 0 Å². The van der Waals surface area contributed by atoms with Crippen LogP contribution in [0.2, 0.25) is 0 Å². The summed E-state index contributed by atoms with van der Waals surface area (Å²) in [6.45, 7) is 5.85. The lowest BCUT2D eigenvalue weighted by Gasteiger charge is -2.29. The molecule has 0 aliphatic carbocycles. The summed E-state index contributed by atoms with van der Waals surface area (Å²) >= 11 is 1.37. The zero-order valence-electron chi connectivity index (χ0n) is 15.7. The summed E-state index contributed by atoms with van der Waals surface area (Å²) in [5.41, 5.74) is 1.90. The Bertz CT molecular complexity index is 674. The van der Waals surface area contributed by atoms with Crippen molar-refractivity contribution >= 4 is 22.7 Å². The van der Waals surface area contributed by atoms with Crippen LogP contribution >= 0.6 is 11.8 Å². The van der Waals surface area contributed by atoms with E-state index in [1.54, 1.807) is 19.2 Å². The maximum absolute atomic E-state index is 12.5. The molecule has 7 heteroatoms. The lowest BCUT2D eigenvalue weighted by atomic mass is 10.0. The zero-order chi connectivity index (χ0) is 18.5. The average Bonchev–Trinajstić information content (AvgIpc) is 3.19. The Morgan fingerprint density at radius 2 is 1.88 bits per heavy atom. The summed E-state index contributed by atoms with van der Waals surface area (Å²) in [5.74, 6) is 1.36. The van der Waals surface area contributed by atoms with E-state index in [1.165, 1.54) is 24.6 Å². The van der Waals surface area contributed by atoms with Crippen LogP contribution in [0.15, 0.2) is 23.3 Å². The highest BCUT2D eigenvalue weighted by Gasteiger charge is 2.30. The van der Waals surface area contributed by atoms with E-state index in [0.717, 1.165) is 37.3 Å². The summed E-state index contributed by atoms with van der Waals surface area (Å²) < 4.78 is 10.8. The van der Waals surface area contributed by atoms with E-state index in [-0.39, 0.29) is 10.5 Å². The molecule has 1 saturated heterocycles. The molecule has 0 N–H and O–H groups in total. The van der Waals surface area contributed by atoms with Gasteiger partial charge in [0.2, 0.25) is 0 Å².